The molecule has 1 aromatic carbocycles. The number of anilines is 1. The van der Waals surface area contributed by atoms with Crippen LogP contribution < -0.4 is 5.32 Å². The second-order valence-electron chi connectivity index (χ2n) is 4.76. The van der Waals surface area contributed by atoms with Gasteiger partial charge in [0.15, 0.2) is 5.82 Å². The molecule has 0 spiro atoms. The molecule has 0 saturated carbocycles. The number of aromatic nitrogens is 4. The summed E-state index contributed by atoms with van der Waals surface area (Å²) >= 11 is 0. The highest BCUT2D eigenvalue weighted by molar-refractivity contribution is 6.03. The van der Waals surface area contributed by atoms with Gasteiger partial charge in [-0.05, 0) is 26.0 Å². The van der Waals surface area contributed by atoms with Crippen molar-refractivity contribution in [3.05, 3.63) is 59.8 Å². The number of rotatable bonds is 3. The first-order valence-electron chi connectivity index (χ1n) is 6.57. The number of carbonyl (C=O) groups excluding carboxylic acids is 1. The number of amides is 1. The number of carbonyl (C=O) groups is 1. The van der Waals surface area contributed by atoms with Crippen LogP contribution in [0.4, 0.5) is 5.82 Å². The van der Waals surface area contributed by atoms with Gasteiger partial charge < -0.3 is 5.32 Å². The molecule has 0 aliphatic carbocycles. The van der Waals surface area contributed by atoms with Gasteiger partial charge in [0, 0.05) is 16.9 Å². The number of hydrogen-bond donors (Lipinski definition) is 2. The summed E-state index contributed by atoms with van der Waals surface area (Å²) in [6.07, 6.45) is 3.16. The van der Waals surface area contributed by atoms with Crippen molar-refractivity contribution < 1.29 is 4.79 Å². The van der Waals surface area contributed by atoms with E-state index in [9.17, 15) is 4.79 Å². The highest BCUT2D eigenvalue weighted by Crippen LogP contribution is 2.16. The van der Waals surface area contributed by atoms with Crippen LogP contribution in [-0.4, -0.2) is 25.7 Å². The molecule has 106 valence electrons. The van der Waals surface area contributed by atoms with Crippen molar-refractivity contribution in [2.24, 2.45) is 0 Å². The number of imidazole rings is 1. The lowest BCUT2D eigenvalue weighted by Gasteiger charge is -2.08. The number of nitrogens with one attached hydrogen (secondary N) is 2. The van der Waals surface area contributed by atoms with Crippen LogP contribution in [0.3, 0.4) is 0 Å². The lowest BCUT2D eigenvalue weighted by Crippen LogP contribution is -2.16. The Hall–Kier alpha value is -2.89. The van der Waals surface area contributed by atoms with Crippen LogP contribution in [0, 0.1) is 13.8 Å². The molecular weight excluding hydrogens is 266 g/mol. The molecule has 2 heterocycles. The predicted molar refractivity (Wildman–Crippen MR) is 79.6 cm³/mol. The second kappa shape index (κ2) is 5.24. The minimum absolute atomic E-state index is 0.244. The Balaban J connectivity index is 1.90. The first-order valence-corrected chi connectivity index (χ1v) is 6.57. The molecular formula is C15H15N5O. The molecule has 6 heteroatoms. The monoisotopic (exact) mass is 281 g/mol. The lowest BCUT2D eigenvalue weighted by molar-refractivity contribution is 0.102. The van der Waals surface area contributed by atoms with Crippen molar-refractivity contribution in [3.63, 3.8) is 0 Å². The molecule has 3 aromatic rings. The number of para-hydroxylation sites is 1. The molecule has 0 radical (unpaired) electrons. The van der Waals surface area contributed by atoms with Crippen LogP contribution in [0.25, 0.3) is 5.69 Å². The summed E-state index contributed by atoms with van der Waals surface area (Å²) in [5.41, 5.74) is 3.20. The minimum atomic E-state index is -0.244. The van der Waals surface area contributed by atoms with Crippen molar-refractivity contribution >= 4 is 11.7 Å². The molecule has 21 heavy (non-hydrogen) atoms. The summed E-state index contributed by atoms with van der Waals surface area (Å²) in [5.74, 6) is 0.296. The molecule has 0 aliphatic heterocycles. The molecule has 0 saturated heterocycles. The highest BCUT2D eigenvalue weighted by atomic mass is 16.2. The normalized spacial score (nSPS) is 10.6. The summed E-state index contributed by atoms with van der Waals surface area (Å²) in [6, 6.07) is 9.59. The van der Waals surface area contributed by atoms with Gasteiger partial charge in [-0.3, -0.25) is 14.5 Å². The average Bonchev–Trinajstić information content (AvgIpc) is 3.10. The number of hydrogen-bond acceptors (Lipinski definition) is 3. The molecule has 6 nitrogen and oxygen atoms in total. The van der Waals surface area contributed by atoms with Crippen LogP contribution in [0.2, 0.25) is 0 Å². The van der Waals surface area contributed by atoms with E-state index in [4.69, 9.17) is 0 Å². The number of benzene rings is 1. The van der Waals surface area contributed by atoms with E-state index in [0.717, 1.165) is 16.9 Å². The minimum Gasteiger partial charge on any atom is -0.304 e. The van der Waals surface area contributed by atoms with Gasteiger partial charge >= 0.3 is 0 Å². The Morgan fingerprint density at radius 3 is 2.67 bits per heavy atom. The average molecular weight is 281 g/mol. The van der Waals surface area contributed by atoms with Gasteiger partial charge in [0.1, 0.15) is 5.69 Å². The zero-order chi connectivity index (χ0) is 14.8. The largest absolute Gasteiger partial charge is 0.304 e. The fourth-order valence-corrected chi connectivity index (χ4v) is 2.04. The topological polar surface area (TPSA) is 75.6 Å². The Labute approximate surface area is 121 Å². The third-order valence-corrected chi connectivity index (χ3v) is 3.39. The third-order valence-electron chi connectivity index (χ3n) is 3.39. The summed E-state index contributed by atoms with van der Waals surface area (Å²) in [5, 5.41) is 9.73. The third kappa shape index (κ3) is 2.43. The summed E-state index contributed by atoms with van der Waals surface area (Å²) in [4.78, 5) is 16.5. The van der Waals surface area contributed by atoms with Crippen LogP contribution in [0.15, 0.2) is 42.9 Å². The van der Waals surface area contributed by atoms with Crippen LogP contribution in [-0.2, 0) is 0 Å². The Morgan fingerprint density at radius 1 is 1.24 bits per heavy atom. The predicted octanol–water partition coefficient (Wildman–Crippen LogP) is 2.46. The van der Waals surface area contributed by atoms with Gasteiger partial charge in [0.25, 0.3) is 5.91 Å². The van der Waals surface area contributed by atoms with Crippen molar-refractivity contribution in [2.45, 2.75) is 13.8 Å². The van der Waals surface area contributed by atoms with E-state index in [1.54, 1.807) is 10.9 Å². The SMILES string of the molecule is Cc1[nH]nc(NC(=O)c2cncn2-c2ccccc2)c1C. The van der Waals surface area contributed by atoms with Crippen molar-refractivity contribution in [1.29, 1.82) is 0 Å². The molecule has 2 N–H and O–H groups in total. The van der Waals surface area contributed by atoms with Gasteiger partial charge in [-0.25, -0.2) is 4.98 Å². The van der Waals surface area contributed by atoms with Gasteiger partial charge in [0.05, 0.1) is 12.5 Å². The Kier molecular flexibility index (Phi) is 3.27. The van der Waals surface area contributed by atoms with Crippen molar-refractivity contribution in [3.8, 4) is 5.69 Å². The quantitative estimate of drug-likeness (QED) is 0.774. The van der Waals surface area contributed by atoms with Gasteiger partial charge in [-0.1, -0.05) is 18.2 Å². The maximum Gasteiger partial charge on any atom is 0.275 e. The van der Waals surface area contributed by atoms with E-state index in [-0.39, 0.29) is 5.91 Å². The first-order chi connectivity index (χ1) is 10.2. The molecule has 0 bridgehead atoms. The fourth-order valence-electron chi connectivity index (χ4n) is 2.04. The Bertz CT molecular complexity index is 772. The van der Waals surface area contributed by atoms with E-state index in [1.807, 2.05) is 44.2 Å². The molecule has 3 rings (SSSR count). The molecule has 1 amide bonds. The van der Waals surface area contributed by atoms with E-state index >= 15 is 0 Å². The number of aryl methyl sites for hydroxylation is 1. The molecule has 2 aromatic heterocycles. The smallest absolute Gasteiger partial charge is 0.275 e. The van der Waals surface area contributed by atoms with E-state index < -0.39 is 0 Å². The zero-order valence-electron chi connectivity index (χ0n) is 11.8. The standard InChI is InChI=1S/C15H15N5O/c1-10-11(2)18-19-14(10)17-15(21)13-8-16-9-20(13)12-6-4-3-5-7-12/h3-9H,1-2H3,(H2,17,18,19,21). The summed E-state index contributed by atoms with van der Waals surface area (Å²) in [7, 11) is 0. The van der Waals surface area contributed by atoms with Crippen LogP contribution in [0.1, 0.15) is 21.7 Å². The maximum atomic E-state index is 12.4. The Morgan fingerprint density at radius 2 is 2.00 bits per heavy atom. The second-order valence-corrected chi connectivity index (χ2v) is 4.76. The van der Waals surface area contributed by atoms with Gasteiger partial charge in [-0.2, -0.15) is 5.10 Å². The lowest BCUT2D eigenvalue weighted by atomic mass is 10.2. The number of H-pyrrole nitrogens is 1. The van der Waals surface area contributed by atoms with E-state index in [1.165, 1.54) is 6.20 Å². The fraction of sp³-hybridized carbons (Fsp3) is 0.133. The van der Waals surface area contributed by atoms with Crippen LogP contribution >= 0.6 is 0 Å². The van der Waals surface area contributed by atoms with E-state index in [0.29, 0.717) is 11.5 Å². The molecule has 0 unspecified atom stereocenters. The number of aromatic amines is 1. The first kappa shape index (κ1) is 13.1. The van der Waals surface area contributed by atoms with Crippen LogP contribution in [0.5, 0.6) is 0 Å². The van der Waals surface area contributed by atoms with E-state index in [2.05, 4.69) is 20.5 Å². The maximum absolute atomic E-state index is 12.4. The molecule has 0 fully saturated rings. The summed E-state index contributed by atoms with van der Waals surface area (Å²) < 4.78 is 1.74. The molecule has 0 atom stereocenters. The van der Waals surface area contributed by atoms with Crippen molar-refractivity contribution in [1.82, 2.24) is 19.7 Å². The van der Waals surface area contributed by atoms with Crippen molar-refractivity contribution in [2.75, 3.05) is 5.32 Å². The number of nitrogens with zero attached hydrogens (tertiary/aromatic N) is 3. The summed E-state index contributed by atoms with van der Waals surface area (Å²) in [6.45, 7) is 3.81. The van der Waals surface area contributed by atoms with Gasteiger partial charge in [0.2, 0.25) is 0 Å². The molecule has 0 aliphatic rings. The van der Waals surface area contributed by atoms with Gasteiger partial charge in [-0.15, -0.1) is 0 Å². The zero-order valence-corrected chi connectivity index (χ0v) is 11.8. The highest BCUT2D eigenvalue weighted by Gasteiger charge is 2.15.